The molecule has 0 bridgehead atoms. The van der Waals surface area contributed by atoms with Crippen LogP contribution in [0.4, 0.5) is 0 Å². The largest absolute Gasteiger partial charge is 0.319 e. The zero-order valence-electron chi connectivity index (χ0n) is 9.67. The van der Waals surface area contributed by atoms with Gasteiger partial charge in [0, 0.05) is 0 Å². The molecule has 1 aliphatic rings. The molecular weight excluding hydrogens is 358 g/mol. The average Bonchev–Trinajstić information content (AvgIpc) is 2.11. The smallest absolute Gasteiger partial charge is 0.266 e. The van der Waals surface area contributed by atoms with E-state index in [4.69, 9.17) is 0 Å². The Morgan fingerprint density at radius 1 is 0.929 bits per heavy atom. The number of nitrogens with zero attached hydrogens (tertiary/aromatic N) is 3. The van der Waals surface area contributed by atoms with Crippen molar-refractivity contribution in [3.05, 3.63) is 0 Å². The van der Waals surface area contributed by atoms with E-state index in [1.54, 1.807) is 0 Å². The first-order valence-electron chi connectivity index (χ1n) is 4.71. The van der Waals surface area contributed by atoms with Gasteiger partial charge >= 0.3 is 0 Å². The van der Waals surface area contributed by atoms with Crippen LogP contribution in [0.25, 0.3) is 0 Å². The Balaban J connectivity index is 3.09. The predicted octanol–water partition coefficient (Wildman–Crippen LogP) is 1.57. The Hall–Kier alpha value is 1.49. The summed E-state index contributed by atoms with van der Waals surface area (Å²) in [7, 11) is 2.81. The van der Waals surface area contributed by atoms with Crippen molar-refractivity contribution in [3.8, 4) is 0 Å². The fraction of sp³-hybridized carbons (Fsp3) is 1.00. The Bertz CT molecular complexity index is 216. The molecule has 1 saturated heterocycles. The molecule has 8 heteroatoms. The van der Waals surface area contributed by atoms with Gasteiger partial charge in [0.1, 0.15) is 0 Å². The molecule has 1 fully saturated rings. The van der Waals surface area contributed by atoms with Crippen molar-refractivity contribution in [3.63, 3.8) is 0 Å². The van der Waals surface area contributed by atoms with Crippen LogP contribution in [0, 0.1) is 0 Å². The number of halogens is 2. The van der Waals surface area contributed by atoms with Gasteiger partial charge in [0.05, 0.1) is 0 Å². The molecule has 0 aromatic rings. The van der Waals surface area contributed by atoms with Crippen molar-refractivity contribution >= 4 is 53.7 Å². The normalized spacial score (nSPS) is 48.4. The molecule has 84 valence electrons. The highest BCUT2D eigenvalue weighted by Gasteiger charge is 2.55. The lowest BCUT2D eigenvalue weighted by molar-refractivity contribution is 0.535. The van der Waals surface area contributed by atoms with Gasteiger partial charge in [0.25, 0.3) is 14.0 Å². The summed E-state index contributed by atoms with van der Waals surface area (Å²) in [5, 5.41) is 0. The van der Waals surface area contributed by atoms with E-state index in [-0.39, 0.29) is 0 Å². The fourth-order valence-electron chi connectivity index (χ4n) is 1.79. The van der Waals surface area contributed by atoms with Gasteiger partial charge in [0.2, 0.25) is 0 Å². The van der Waals surface area contributed by atoms with E-state index >= 15 is 0 Å². The quantitative estimate of drug-likeness (QED) is 0.469. The van der Waals surface area contributed by atoms with Gasteiger partial charge in [-0.3, -0.25) is 0 Å². The molecule has 0 N–H and O–H groups in total. The maximum absolute atomic E-state index is 3.97. The Labute approximate surface area is 107 Å². The van der Waals surface area contributed by atoms with Gasteiger partial charge in [-0.25, -0.2) is 0 Å². The Kier molecular flexibility index (Phi) is 3.93. The maximum atomic E-state index is 3.97. The van der Waals surface area contributed by atoms with Crippen molar-refractivity contribution in [2.45, 2.75) is 19.6 Å². The highest BCUT2D eigenvalue weighted by Crippen LogP contribution is 2.36. The third kappa shape index (κ3) is 1.88. The van der Waals surface area contributed by atoms with Gasteiger partial charge in [-0.15, -0.1) is 0 Å². The summed E-state index contributed by atoms with van der Waals surface area (Å²) < 4.78 is 7.76. The van der Waals surface area contributed by atoms with Crippen molar-refractivity contribution in [1.29, 1.82) is 0 Å². The highest BCUT2D eigenvalue weighted by atomic mass is 79.9. The third-order valence-electron chi connectivity index (χ3n) is 3.63. The molecule has 1 heterocycles. The number of hydrogen-bond donors (Lipinski definition) is 0. The topological polar surface area (TPSA) is 9.72 Å². The summed E-state index contributed by atoms with van der Waals surface area (Å²) in [6, 6.07) is 0. The Morgan fingerprint density at radius 3 is 1.50 bits per heavy atom. The second-order valence-electron chi connectivity index (χ2n) is 4.22. The monoisotopic (exact) mass is 375 g/mol. The van der Waals surface area contributed by atoms with Crippen LogP contribution in [0.5, 0.6) is 0 Å². The molecule has 1 aliphatic heterocycles. The molecule has 3 nitrogen and oxygen atoms in total. The summed E-state index contributed by atoms with van der Waals surface area (Å²) in [5.74, 6) is 0. The van der Waals surface area contributed by atoms with Gasteiger partial charge in [-0.05, 0) is 40.8 Å². The van der Waals surface area contributed by atoms with Crippen molar-refractivity contribution < 1.29 is 0 Å². The van der Waals surface area contributed by atoms with E-state index < -0.39 is 23.2 Å². The second kappa shape index (κ2) is 4.06. The fourth-order valence-corrected chi connectivity index (χ4v) is 29.4. The van der Waals surface area contributed by atoms with E-state index in [2.05, 4.69) is 84.1 Å². The lowest BCUT2D eigenvalue weighted by atomic mass is 11.6. The van der Waals surface area contributed by atoms with Gasteiger partial charge in [-0.1, -0.05) is 30.6 Å². The van der Waals surface area contributed by atoms with E-state index in [0.29, 0.717) is 0 Å². The Morgan fingerprint density at radius 2 is 1.21 bits per heavy atom. The molecule has 14 heavy (non-hydrogen) atoms. The summed E-state index contributed by atoms with van der Waals surface area (Å²) >= 11 is 7.94. The summed E-state index contributed by atoms with van der Waals surface area (Å²) in [6.07, 6.45) is 0. The van der Waals surface area contributed by atoms with E-state index in [9.17, 15) is 0 Å². The molecule has 0 saturated carbocycles. The predicted molar refractivity (Wildman–Crippen MR) is 77.4 cm³/mol. The van der Waals surface area contributed by atoms with Gasteiger partial charge < -0.3 is 12.7 Å². The summed E-state index contributed by atoms with van der Waals surface area (Å²) in [5.41, 5.74) is 0. The first-order valence-corrected chi connectivity index (χ1v) is 16.2. The number of rotatable bonds is 0. The average molecular weight is 377 g/mol. The lowest BCUT2D eigenvalue weighted by Crippen LogP contribution is -2.81. The molecule has 0 radical (unpaired) electrons. The van der Waals surface area contributed by atoms with Crippen molar-refractivity contribution in [1.82, 2.24) is 12.7 Å². The summed E-state index contributed by atoms with van der Waals surface area (Å²) in [6.45, 7) is 7.15. The molecule has 1 rings (SSSR count). The molecule has 0 spiro atoms. The molecule has 2 atom stereocenters. The first-order chi connectivity index (χ1) is 6.13. The van der Waals surface area contributed by atoms with E-state index in [1.165, 1.54) is 0 Å². The van der Waals surface area contributed by atoms with Crippen LogP contribution in [-0.4, -0.2) is 57.0 Å². The van der Waals surface area contributed by atoms with Crippen LogP contribution < -0.4 is 0 Å². The maximum Gasteiger partial charge on any atom is 0.266 e. The van der Waals surface area contributed by atoms with Gasteiger partial charge in [0.15, 0.2) is 9.12 Å². The molecule has 0 aromatic heterocycles. The van der Waals surface area contributed by atoms with Crippen LogP contribution in [0.15, 0.2) is 0 Å². The second-order valence-corrected chi connectivity index (χ2v) is 23.9. The highest BCUT2D eigenvalue weighted by molar-refractivity contribution is 9.27. The van der Waals surface area contributed by atoms with Crippen LogP contribution >= 0.6 is 30.6 Å². The van der Waals surface area contributed by atoms with Crippen LogP contribution in [0.2, 0.25) is 19.6 Å². The standard InChI is InChI=1S/C6H19Br2N3Si3/c1-9-12(4)10(2)14(6,8)11(3)13(9,5)7/h12H,1-6H3. The zero-order chi connectivity index (χ0) is 11.3. The minimum Gasteiger partial charge on any atom is -0.319 e. The zero-order valence-corrected chi connectivity index (χ0v) is 16.0. The molecular formula is C6H19Br2N3Si3. The van der Waals surface area contributed by atoms with Gasteiger partial charge in [-0.2, -0.15) is 0 Å². The summed E-state index contributed by atoms with van der Waals surface area (Å²) in [4.78, 5) is 0. The van der Waals surface area contributed by atoms with Crippen LogP contribution in [0.1, 0.15) is 0 Å². The third-order valence-corrected chi connectivity index (χ3v) is 29.5. The first kappa shape index (κ1) is 13.6. The molecule has 0 amide bonds. The molecule has 2 unspecified atom stereocenters. The van der Waals surface area contributed by atoms with E-state index in [0.717, 1.165) is 0 Å². The molecule has 0 aliphatic carbocycles. The van der Waals surface area contributed by atoms with E-state index in [1.807, 2.05) is 0 Å². The number of hydrogen-bond acceptors (Lipinski definition) is 3. The molecule has 0 aromatic carbocycles. The lowest BCUT2D eigenvalue weighted by Gasteiger charge is -2.58. The van der Waals surface area contributed by atoms with Crippen molar-refractivity contribution in [2.75, 3.05) is 21.1 Å². The van der Waals surface area contributed by atoms with Crippen molar-refractivity contribution in [2.24, 2.45) is 0 Å². The van der Waals surface area contributed by atoms with Crippen LogP contribution in [-0.2, 0) is 0 Å². The van der Waals surface area contributed by atoms with Crippen LogP contribution in [0.3, 0.4) is 0 Å². The minimum atomic E-state index is -1.52. The minimum absolute atomic E-state index is 0.917. The SMILES string of the molecule is CN1[SiH](C)N(C)[Si](C)(Br)N(C)[Si]1(C)Br.